The molecule has 0 aromatic carbocycles. The van der Waals surface area contributed by atoms with Gasteiger partial charge in [0, 0.05) is 11.8 Å². The molecule has 0 spiro atoms. The van der Waals surface area contributed by atoms with Gasteiger partial charge in [-0.1, -0.05) is 13.8 Å². The van der Waals surface area contributed by atoms with Crippen LogP contribution in [-0.2, 0) is 9.84 Å². The van der Waals surface area contributed by atoms with Crippen LogP contribution >= 0.6 is 0 Å². The molecule has 0 bridgehead atoms. The van der Waals surface area contributed by atoms with E-state index in [1.807, 2.05) is 14.0 Å². The van der Waals surface area contributed by atoms with E-state index in [0.717, 1.165) is 25.7 Å². The van der Waals surface area contributed by atoms with Gasteiger partial charge in [-0.25, -0.2) is 8.42 Å². The summed E-state index contributed by atoms with van der Waals surface area (Å²) in [7, 11) is -0.812. The second kappa shape index (κ2) is 5.50. The molecule has 0 aromatic heterocycles. The summed E-state index contributed by atoms with van der Waals surface area (Å²) < 4.78 is 23.3. The first-order chi connectivity index (χ1) is 7.41. The highest BCUT2D eigenvalue weighted by molar-refractivity contribution is 7.91. The van der Waals surface area contributed by atoms with Crippen LogP contribution in [-0.4, -0.2) is 33.0 Å². The Morgan fingerprint density at radius 2 is 2.06 bits per heavy atom. The summed E-state index contributed by atoms with van der Waals surface area (Å²) in [5, 5.41) is 3.29. The Bertz CT molecular complexity index is 313. The van der Waals surface area contributed by atoms with Crippen LogP contribution in [0.1, 0.15) is 46.0 Å². The number of sulfone groups is 1. The van der Waals surface area contributed by atoms with E-state index in [0.29, 0.717) is 17.5 Å². The average molecular weight is 247 g/mol. The molecule has 1 rings (SSSR count). The summed E-state index contributed by atoms with van der Waals surface area (Å²) in [6, 6.07) is 0.582. The van der Waals surface area contributed by atoms with Gasteiger partial charge in [-0.05, 0) is 44.6 Å². The van der Waals surface area contributed by atoms with Crippen molar-refractivity contribution in [3.63, 3.8) is 0 Å². The third kappa shape index (κ3) is 4.06. The van der Waals surface area contributed by atoms with Crippen LogP contribution in [0.15, 0.2) is 0 Å². The molecule has 1 aliphatic carbocycles. The highest BCUT2D eigenvalue weighted by atomic mass is 32.2. The first kappa shape index (κ1) is 14.0. The fourth-order valence-corrected chi connectivity index (χ4v) is 4.24. The van der Waals surface area contributed by atoms with Crippen LogP contribution in [0.2, 0.25) is 0 Å². The van der Waals surface area contributed by atoms with E-state index in [1.54, 1.807) is 0 Å². The highest BCUT2D eigenvalue weighted by Gasteiger charge is 2.34. The predicted molar refractivity (Wildman–Crippen MR) is 68.4 cm³/mol. The second-order valence-electron chi connectivity index (χ2n) is 5.44. The Hall–Kier alpha value is -0.0900. The van der Waals surface area contributed by atoms with Crippen LogP contribution < -0.4 is 5.32 Å². The molecule has 0 saturated heterocycles. The maximum atomic E-state index is 11.7. The van der Waals surface area contributed by atoms with Gasteiger partial charge in [-0.15, -0.1) is 0 Å². The molecule has 1 N–H and O–H groups in total. The molecule has 16 heavy (non-hydrogen) atoms. The first-order valence-corrected chi connectivity index (χ1v) is 8.10. The molecular formula is C12H25NO2S. The van der Waals surface area contributed by atoms with Gasteiger partial charge < -0.3 is 5.32 Å². The van der Waals surface area contributed by atoms with E-state index >= 15 is 0 Å². The average Bonchev–Trinajstić information content (AvgIpc) is 2.59. The lowest BCUT2D eigenvalue weighted by Gasteiger charge is -2.23. The fraction of sp³-hybridized carbons (Fsp3) is 1.00. The zero-order valence-electron chi connectivity index (χ0n) is 10.8. The molecule has 1 saturated carbocycles. The van der Waals surface area contributed by atoms with Gasteiger partial charge in [-0.2, -0.15) is 0 Å². The molecule has 3 nitrogen and oxygen atoms in total. The largest absolute Gasteiger partial charge is 0.317 e. The number of rotatable bonds is 6. The second-order valence-corrected chi connectivity index (χ2v) is 7.74. The summed E-state index contributed by atoms with van der Waals surface area (Å²) in [5.41, 5.74) is 0.231. The molecule has 1 aliphatic rings. The van der Waals surface area contributed by atoms with Gasteiger partial charge in [0.25, 0.3) is 0 Å². The van der Waals surface area contributed by atoms with Gasteiger partial charge >= 0.3 is 0 Å². The van der Waals surface area contributed by atoms with Crippen LogP contribution in [0.25, 0.3) is 0 Å². The quantitative estimate of drug-likeness (QED) is 0.780. The van der Waals surface area contributed by atoms with E-state index in [-0.39, 0.29) is 5.41 Å². The molecule has 96 valence electrons. The zero-order valence-corrected chi connectivity index (χ0v) is 11.6. The Labute approximate surface area is 99.9 Å². The summed E-state index contributed by atoms with van der Waals surface area (Å²) in [6.07, 6.45) is 5.01. The van der Waals surface area contributed by atoms with Crippen molar-refractivity contribution in [2.45, 2.75) is 52.0 Å². The molecule has 0 radical (unpaired) electrons. The molecule has 4 heteroatoms. The maximum Gasteiger partial charge on any atom is 0.150 e. The maximum absolute atomic E-state index is 11.7. The monoisotopic (exact) mass is 247 g/mol. The lowest BCUT2D eigenvalue weighted by atomic mass is 9.86. The molecule has 0 amide bonds. The van der Waals surface area contributed by atoms with Crippen LogP contribution in [0.5, 0.6) is 0 Å². The number of hydrogen-bond acceptors (Lipinski definition) is 3. The minimum Gasteiger partial charge on any atom is -0.317 e. The van der Waals surface area contributed by atoms with Crippen molar-refractivity contribution in [1.82, 2.24) is 5.32 Å². The third-order valence-corrected chi connectivity index (χ3v) is 5.63. The van der Waals surface area contributed by atoms with E-state index in [4.69, 9.17) is 0 Å². The first-order valence-electron chi connectivity index (χ1n) is 6.28. The van der Waals surface area contributed by atoms with Gasteiger partial charge in [0.1, 0.15) is 9.84 Å². The van der Waals surface area contributed by atoms with Crippen molar-refractivity contribution < 1.29 is 8.42 Å². The molecular weight excluding hydrogens is 222 g/mol. The molecule has 2 atom stereocenters. The highest BCUT2D eigenvalue weighted by Crippen LogP contribution is 2.40. The van der Waals surface area contributed by atoms with E-state index in [2.05, 4.69) is 12.2 Å². The van der Waals surface area contributed by atoms with Crippen molar-refractivity contribution in [1.29, 1.82) is 0 Å². The standard InChI is InChI=1S/C12H25NO2S/c1-4-8-16(14,15)9-7-12(2)6-5-11(10-12)13-3/h11,13H,4-10H2,1-3H3. The predicted octanol–water partition coefficient (Wildman–Crippen LogP) is 1.98. The summed E-state index contributed by atoms with van der Waals surface area (Å²) in [5.74, 6) is 0.715. The van der Waals surface area contributed by atoms with Crippen molar-refractivity contribution in [2.75, 3.05) is 18.6 Å². The van der Waals surface area contributed by atoms with Crippen LogP contribution in [0, 0.1) is 5.41 Å². The minimum absolute atomic E-state index is 0.231. The number of nitrogens with one attached hydrogen (secondary N) is 1. The van der Waals surface area contributed by atoms with Crippen molar-refractivity contribution in [3.05, 3.63) is 0 Å². The molecule has 0 heterocycles. The summed E-state index contributed by atoms with van der Waals surface area (Å²) in [6.45, 7) is 4.15. The van der Waals surface area contributed by atoms with E-state index in [1.165, 1.54) is 6.42 Å². The van der Waals surface area contributed by atoms with Crippen LogP contribution in [0.3, 0.4) is 0 Å². The van der Waals surface area contributed by atoms with Gasteiger partial charge in [-0.3, -0.25) is 0 Å². The Morgan fingerprint density at radius 3 is 2.56 bits per heavy atom. The van der Waals surface area contributed by atoms with Gasteiger partial charge in [0.05, 0.1) is 5.75 Å². The Morgan fingerprint density at radius 1 is 1.38 bits per heavy atom. The molecule has 1 fully saturated rings. The van der Waals surface area contributed by atoms with E-state index < -0.39 is 9.84 Å². The third-order valence-electron chi connectivity index (χ3n) is 3.78. The van der Waals surface area contributed by atoms with Gasteiger partial charge in [0.2, 0.25) is 0 Å². The smallest absolute Gasteiger partial charge is 0.150 e. The summed E-state index contributed by atoms with van der Waals surface area (Å²) in [4.78, 5) is 0. The molecule has 2 unspecified atom stereocenters. The number of hydrogen-bond donors (Lipinski definition) is 1. The minimum atomic E-state index is -2.80. The lowest BCUT2D eigenvalue weighted by Crippen LogP contribution is -2.25. The van der Waals surface area contributed by atoms with Crippen LogP contribution in [0.4, 0.5) is 0 Å². The van der Waals surface area contributed by atoms with Gasteiger partial charge in [0.15, 0.2) is 0 Å². The SMILES string of the molecule is CCCS(=O)(=O)CCC1(C)CCC(NC)C1. The lowest BCUT2D eigenvalue weighted by molar-refractivity contribution is 0.315. The van der Waals surface area contributed by atoms with Crippen molar-refractivity contribution >= 4 is 9.84 Å². The van der Waals surface area contributed by atoms with Crippen molar-refractivity contribution in [2.24, 2.45) is 5.41 Å². The zero-order chi connectivity index (χ0) is 12.2. The molecule has 0 aliphatic heterocycles. The van der Waals surface area contributed by atoms with E-state index in [9.17, 15) is 8.42 Å². The van der Waals surface area contributed by atoms with Crippen molar-refractivity contribution in [3.8, 4) is 0 Å². The summed E-state index contributed by atoms with van der Waals surface area (Å²) >= 11 is 0. The Kier molecular flexibility index (Phi) is 4.80. The normalized spacial score (nSPS) is 30.8. The topological polar surface area (TPSA) is 46.2 Å². The fourth-order valence-electron chi connectivity index (χ4n) is 2.61. The Balaban J connectivity index is 2.43. The molecule has 0 aromatic rings.